The number of hydrogen-bond donors (Lipinski definition) is 5. The van der Waals surface area contributed by atoms with Crippen LogP contribution in [0.5, 0.6) is 0 Å². The lowest BCUT2D eigenvalue weighted by atomic mass is 10.0. The zero-order valence-electron chi connectivity index (χ0n) is 21.4. The number of nitrogens with two attached hydrogens (primary N) is 1. The predicted molar refractivity (Wildman–Crippen MR) is 142 cm³/mol. The minimum atomic E-state index is -0.837. The Morgan fingerprint density at radius 1 is 1.00 bits per heavy atom. The number of likely N-dealkylation sites (N-methyl/N-ethyl adjacent to an activating group) is 1. The summed E-state index contributed by atoms with van der Waals surface area (Å²) in [5, 5.41) is 16.9. The zero-order chi connectivity index (χ0) is 26.5. The van der Waals surface area contributed by atoms with Crippen LogP contribution in [0.3, 0.4) is 0 Å². The van der Waals surface area contributed by atoms with Crippen molar-refractivity contribution in [3.63, 3.8) is 0 Å². The highest BCUT2D eigenvalue weighted by Crippen LogP contribution is 2.37. The molecule has 0 spiro atoms. The number of carbonyl (C=O) groups excluding carboxylic acids is 3. The summed E-state index contributed by atoms with van der Waals surface area (Å²) in [5.74, 6) is -0.634. The molecule has 1 aliphatic carbocycles. The number of nitrogens with zero attached hydrogens (tertiary/aromatic N) is 1. The molecular weight excluding hydrogens is 468 g/mol. The average molecular weight is 505 g/mol. The van der Waals surface area contributed by atoms with Crippen molar-refractivity contribution in [2.75, 3.05) is 13.6 Å². The number of rotatable bonds is 4. The lowest BCUT2D eigenvalue weighted by Gasteiger charge is -2.29. The molecule has 1 heterocycles. The molecule has 1 fully saturated rings. The van der Waals surface area contributed by atoms with Crippen LogP contribution < -0.4 is 21.7 Å². The summed E-state index contributed by atoms with van der Waals surface area (Å²) in [5.41, 5.74) is 9.00. The molecule has 0 aromatic heterocycles. The van der Waals surface area contributed by atoms with E-state index in [1.54, 1.807) is 38.2 Å². The van der Waals surface area contributed by atoms with Gasteiger partial charge in [0.15, 0.2) is 0 Å². The first-order valence-corrected chi connectivity index (χ1v) is 12.8. The van der Waals surface area contributed by atoms with Gasteiger partial charge in [0, 0.05) is 38.7 Å². The molecule has 196 valence electrons. The fraction of sp³-hybridized carbons (Fsp3) is 0.429. The Labute approximate surface area is 217 Å². The van der Waals surface area contributed by atoms with Crippen LogP contribution in [0.25, 0.3) is 0 Å². The SMILES string of the molecule is CC1C(=O)NC(Cc2ccc(C(=N)N)cc2)C(=O)NCc2ccccc2CNCC(C2CC2)C(=O)N1C. The predicted octanol–water partition coefficient (Wildman–Crippen LogP) is 1.29. The minimum absolute atomic E-state index is 0.0364. The summed E-state index contributed by atoms with van der Waals surface area (Å²) < 4.78 is 0. The van der Waals surface area contributed by atoms with Gasteiger partial charge in [-0.2, -0.15) is 0 Å². The summed E-state index contributed by atoms with van der Waals surface area (Å²) in [7, 11) is 1.66. The molecule has 1 aliphatic heterocycles. The lowest BCUT2D eigenvalue weighted by molar-refractivity contribution is -0.142. The van der Waals surface area contributed by atoms with Gasteiger partial charge in [-0.15, -0.1) is 0 Å². The van der Waals surface area contributed by atoms with Crippen molar-refractivity contribution in [1.29, 1.82) is 5.41 Å². The van der Waals surface area contributed by atoms with Crippen LogP contribution in [-0.2, 0) is 33.9 Å². The van der Waals surface area contributed by atoms with Crippen molar-refractivity contribution in [2.24, 2.45) is 17.6 Å². The van der Waals surface area contributed by atoms with E-state index in [1.165, 1.54) is 4.90 Å². The molecule has 37 heavy (non-hydrogen) atoms. The number of fused-ring (bicyclic) bond motifs is 1. The molecule has 2 aromatic carbocycles. The van der Waals surface area contributed by atoms with Gasteiger partial charge in [-0.1, -0.05) is 48.5 Å². The second kappa shape index (κ2) is 11.6. The van der Waals surface area contributed by atoms with Gasteiger partial charge in [-0.3, -0.25) is 19.8 Å². The van der Waals surface area contributed by atoms with E-state index in [0.29, 0.717) is 31.1 Å². The maximum absolute atomic E-state index is 13.4. The molecule has 9 nitrogen and oxygen atoms in total. The molecule has 2 aliphatic rings. The quantitative estimate of drug-likeness (QED) is 0.315. The standard InChI is InChI=1S/C28H36N6O3/c1-17-26(35)33-24(13-18-7-9-20(10-8-18)25(29)30)27(36)32-15-22-6-4-3-5-21(22)14-31-16-23(19-11-12-19)28(37)34(17)2/h3-10,17,19,23-24,31H,11-16H2,1-2H3,(H3,29,30)(H,32,36)(H,33,35). The highest BCUT2D eigenvalue weighted by Gasteiger charge is 2.39. The summed E-state index contributed by atoms with van der Waals surface area (Å²) in [4.78, 5) is 41.4. The Hall–Kier alpha value is -3.72. The molecular formula is C28H36N6O3. The molecule has 3 amide bonds. The summed E-state index contributed by atoms with van der Waals surface area (Å²) >= 11 is 0. The van der Waals surface area contributed by atoms with E-state index >= 15 is 0 Å². The van der Waals surface area contributed by atoms with Gasteiger partial charge in [0.1, 0.15) is 17.9 Å². The van der Waals surface area contributed by atoms with E-state index in [2.05, 4.69) is 16.0 Å². The molecule has 0 saturated heterocycles. The van der Waals surface area contributed by atoms with Gasteiger partial charge in [0.2, 0.25) is 17.7 Å². The van der Waals surface area contributed by atoms with Crippen LogP contribution in [0.4, 0.5) is 0 Å². The Kier molecular flexibility index (Phi) is 8.23. The van der Waals surface area contributed by atoms with Crippen LogP contribution in [-0.4, -0.2) is 54.1 Å². The zero-order valence-corrected chi connectivity index (χ0v) is 21.4. The molecule has 1 saturated carbocycles. The Bertz CT molecular complexity index is 1160. The summed E-state index contributed by atoms with van der Waals surface area (Å²) in [6, 6.07) is 13.4. The number of carbonyl (C=O) groups is 3. The second-order valence-electron chi connectivity index (χ2n) is 10.1. The van der Waals surface area contributed by atoms with Crippen LogP contribution in [0.2, 0.25) is 0 Å². The van der Waals surface area contributed by atoms with Gasteiger partial charge >= 0.3 is 0 Å². The van der Waals surface area contributed by atoms with E-state index in [9.17, 15) is 14.4 Å². The first-order chi connectivity index (χ1) is 17.7. The van der Waals surface area contributed by atoms with E-state index in [-0.39, 0.29) is 35.9 Å². The van der Waals surface area contributed by atoms with Gasteiger partial charge in [0.25, 0.3) is 0 Å². The van der Waals surface area contributed by atoms with Crippen molar-refractivity contribution in [2.45, 2.75) is 51.4 Å². The topological polar surface area (TPSA) is 140 Å². The first kappa shape index (κ1) is 26.3. The van der Waals surface area contributed by atoms with Crippen LogP contribution in [0.1, 0.15) is 42.0 Å². The monoisotopic (exact) mass is 504 g/mol. The fourth-order valence-corrected chi connectivity index (χ4v) is 4.71. The number of amides is 3. The number of hydrogen-bond acceptors (Lipinski definition) is 5. The van der Waals surface area contributed by atoms with E-state index in [4.69, 9.17) is 11.1 Å². The third-order valence-electron chi connectivity index (χ3n) is 7.41. The Morgan fingerprint density at radius 2 is 1.65 bits per heavy atom. The molecule has 2 aromatic rings. The second-order valence-corrected chi connectivity index (χ2v) is 10.1. The van der Waals surface area contributed by atoms with E-state index < -0.39 is 12.1 Å². The minimum Gasteiger partial charge on any atom is -0.384 e. The molecule has 3 atom stereocenters. The molecule has 6 N–H and O–H groups in total. The van der Waals surface area contributed by atoms with Crippen molar-refractivity contribution in [1.82, 2.24) is 20.9 Å². The summed E-state index contributed by atoms with van der Waals surface area (Å²) in [6.07, 6.45) is 2.30. The molecule has 9 heteroatoms. The number of benzene rings is 2. The fourth-order valence-electron chi connectivity index (χ4n) is 4.71. The third kappa shape index (κ3) is 6.54. The molecule has 4 rings (SSSR count). The van der Waals surface area contributed by atoms with E-state index in [0.717, 1.165) is 29.5 Å². The third-order valence-corrected chi connectivity index (χ3v) is 7.41. The van der Waals surface area contributed by atoms with Crippen molar-refractivity contribution in [3.8, 4) is 0 Å². The first-order valence-electron chi connectivity index (χ1n) is 12.8. The Balaban J connectivity index is 1.60. The summed E-state index contributed by atoms with van der Waals surface area (Å²) in [6.45, 7) is 3.15. The van der Waals surface area contributed by atoms with Crippen LogP contribution in [0, 0.1) is 17.2 Å². The van der Waals surface area contributed by atoms with E-state index in [1.807, 2.05) is 24.3 Å². The molecule has 0 bridgehead atoms. The highest BCUT2D eigenvalue weighted by atomic mass is 16.2. The lowest BCUT2D eigenvalue weighted by Crippen LogP contribution is -2.54. The number of nitrogens with one attached hydrogen (secondary N) is 4. The number of nitrogen functional groups attached to an aromatic ring is 1. The Morgan fingerprint density at radius 3 is 2.27 bits per heavy atom. The van der Waals surface area contributed by atoms with Gasteiger partial charge in [0.05, 0.1) is 5.92 Å². The normalized spacial score (nSPS) is 23.8. The maximum Gasteiger partial charge on any atom is 0.243 e. The van der Waals surface area contributed by atoms with Crippen molar-refractivity contribution in [3.05, 3.63) is 70.8 Å². The van der Waals surface area contributed by atoms with Gasteiger partial charge in [-0.05, 0) is 42.4 Å². The number of amidine groups is 1. The van der Waals surface area contributed by atoms with Gasteiger partial charge < -0.3 is 26.6 Å². The smallest absolute Gasteiger partial charge is 0.243 e. The highest BCUT2D eigenvalue weighted by molar-refractivity contribution is 5.95. The maximum atomic E-state index is 13.4. The van der Waals surface area contributed by atoms with Crippen molar-refractivity contribution < 1.29 is 14.4 Å². The van der Waals surface area contributed by atoms with Crippen LogP contribution >= 0.6 is 0 Å². The largest absolute Gasteiger partial charge is 0.384 e. The van der Waals surface area contributed by atoms with Crippen molar-refractivity contribution >= 4 is 23.6 Å². The van der Waals surface area contributed by atoms with Gasteiger partial charge in [-0.25, -0.2) is 0 Å². The molecule has 3 unspecified atom stereocenters. The average Bonchev–Trinajstić information content (AvgIpc) is 3.73. The molecule has 0 radical (unpaired) electrons. The van der Waals surface area contributed by atoms with Crippen LogP contribution in [0.15, 0.2) is 48.5 Å².